The Morgan fingerprint density at radius 3 is 2.28 bits per heavy atom. The predicted octanol–water partition coefficient (Wildman–Crippen LogP) is 4.37. The van der Waals surface area contributed by atoms with Gasteiger partial charge < -0.3 is 4.74 Å². The second kappa shape index (κ2) is 8.33. The number of rotatable bonds is 4. The number of sulfonamides is 1. The van der Waals surface area contributed by atoms with Gasteiger partial charge in [0.1, 0.15) is 10.6 Å². The molecule has 1 saturated heterocycles. The van der Waals surface area contributed by atoms with Crippen molar-refractivity contribution in [2.24, 2.45) is 5.92 Å². The zero-order valence-electron chi connectivity index (χ0n) is 15.0. The van der Waals surface area contributed by atoms with Gasteiger partial charge in [-0.05, 0) is 43.2 Å². The van der Waals surface area contributed by atoms with Crippen LogP contribution in [0.3, 0.4) is 0 Å². The first-order chi connectivity index (χ1) is 13.6. The molecule has 1 heterocycles. The highest BCUT2D eigenvalue weighted by Gasteiger charge is 2.37. The third-order valence-corrected chi connectivity index (χ3v) is 7.01. The molecule has 0 radical (unpaired) electrons. The van der Waals surface area contributed by atoms with E-state index < -0.39 is 38.5 Å². The second-order valence-electron chi connectivity index (χ2n) is 6.56. The number of nitrogens with zero attached hydrogens (tertiary/aromatic N) is 1. The molecule has 2 aromatic rings. The van der Waals surface area contributed by atoms with Crippen molar-refractivity contribution in [1.29, 1.82) is 0 Å². The molecule has 0 aliphatic carbocycles. The van der Waals surface area contributed by atoms with E-state index >= 15 is 0 Å². The van der Waals surface area contributed by atoms with Crippen LogP contribution in [0.5, 0.6) is 5.75 Å². The molecule has 156 valence electrons. The van der Waals surface area contributed by atoms with Crippen molar-refractivity contribution in [3.8, 4) is 5.75 Å². The Labute approximate surface area is 171 Å². The summed E-state index contributed by atoms with van der Waals surface area (Å²) < 4.78 is 70.8. The van der Waals surface area contributed by atoms with Crippen LogP contribution < -0.4 is 4.74 Å². The van der Waals surface area contributed by atoms with Crippen LogP contribution in [0.4, 0.5) is 13.2 Å². The zero-order chi connectivity index (χ0) is 21.2. The molecule has 3 rings (SSSR count). The van der Waals surface area contributed by atoms with Crippen LogP contribution in [0.15, 0.2) is 53.4 Å². The van der Waals surface area contributed by atoms with E-state index in [-0.39, 0.29) is 31.0 Å². The first kappa shape index (κ1) is 21.6. The van der Waals surface area contributed by atoms with Crippen molar-refractivity contribution in [2.75, 3.05) is 13.1 Å². The van der Waals surface area contributed by atoms with Gasteiger partial charge >= 0.3 is 12.1 Å². The average Bonchev–Trinajstić information content (AvgIpc) is 2.68. The third-order valence-electron chi connectivity index (χ3n) is 4.63. The predicted molar refractivity (Wildman–Crippen MR) is 100 cm³/mol. The van der Waals surface area contributed by atoms with Crippen LogP contribution in [0.2, 0.25) is 5.02 Å². The fourth-order valence-electron chi connectivity index (χ4n) is 3.04. The molecule has 1 aliphatic heterocycles. The molecule has 0 amide bonds. The van der Waals surface area contributed by atoms with Gasteiger partial charge in [0.2, 0.25) is 10.0 Å². The fraction of sp³-hybridized carbons (Fsp3) is 0.316. The Morgan fingerprint density at radius 2 is 1.69 bits per heavy atom. The van der Waals surface area contributed by atoms with Crippen LogP contribution in [0.25, 0.3) is 0 Å². The minimum atomic E-state index is -4.69. The number of para-hydroxylation sites is 1. The molecule has 5 nitrogen and oxygen atoms in total. The summed E-state index contributed by atoms with van der Waals surface area (Å²) >= 11 is 5.87. The first-order valence-electron chi connectivity index (χ1n) is 8.72. The van der Waals surface area contributed by atoms with Gasteiger partial charge in [-0.2, -0.15) is 17.5 Å². The fourth-order valence-corrected chi connectivity index (χ4v) is 5.01. The maximum Gasteiger partial charge on any atom is 0.416 e. The van der Waals surface area contributed by atoms with Crippen LogP contribution >= 0.6 is 11.6 Å². The second-order valence-corrected chi connectivity index (χ2v) is 8.87. The molecule has 0 atom stereocenters. The first-order valence-corrected chi connectivity index (χ1v) is 10.5. The molecule has 0 spiro atoms. The van der Waals surface area contributed by atoms with Crippen LogP contribution in [-0.4, -0.2) is 31.8 Å². The van der Waals surface area contributed by atoms with Crippen LogP contribution in [0.1, 0.15) is 18.4 Å². The molecular formula is C19H17ClF3NO4S. The number of hydrogen-bond donors (Lipinski definition) is 0. The van der Waals surface area contributed by atoms with Crippen LogP contribution in [0, 0.1) is 5.92 Å². The summed E-state index contributed by atoms with van der Waals surface area (Å²) in [5.41, 5.74) is -1.10. The van der Waals surface area contributed by atoms with E-state index in [4.69, 9.17) is 16.3 Å². The van der Waals surface area contributed by atoms with Gasteiger partial charge in [-0.1, -0.05) is 29.8 Å². The highest BCUT2D eigenvalue weighted by molar-refractivity contribution is 7.89. The molecule has 0 aromatic heterocycles. The number of esters is 1. The van der Waals surface area contributed by atoms with Gasteiger partial charge in [0.25, 0.3) is 0 Å². The summed E-state index contributed by atoms with van der Waals surface area (Å²) in [7, 11) is -4.23. The quantitative estimate of drug-likeness (QED) is 0.516. The molecule has 2 aromatic carbocycles. The number of ether oxygens (including phenoxy) is 1. The SMILES string of the molecule is O=C(Oc1ccccc1)C1CCN(S(=O)(=O)c2cc(C(F)(F)F)ccc2Cl)CC1. The van der Waals surface area contributed by atoms with Gasteiger partial charge in [-0.15, -0.1) is 0 Å². The van der Waals surface area contributed by atoms with Crippen molar-refractivity contribution >= 4 is 27.6 Å². The lowest BCUT2D eigenvalue weighted by atomic mass is 9.98. The number of alkyl halides is 3. The van der Waals surface area contributed by atoms with Crippen molar-refractivity contribution in [3.63, 3.8) is 0 Å². The molecular weight excluding hydrogens is 431 g/mol. The molecule has 0 unspecified atom stereocenters. The Kier molecular flexibility index (Phi) is 6.21. The van der Waals surface area contributed by atoms with E-state index in [2.05, 4.69) is 0 Å². The highest BCUT2D eigenvalue weighted by atomic mass is 35.5. The number of carbonyl (C=O) groups is 1. The molecule has 29 heavy (non-hydrogen) atoms. The lowest BCUT2D eigenvalue weighted by molar-refractivity contribution is -0.140. The molecule has 1 fully saturated rings. The summed E-state index contributed by atoms with van der Waals surface area (Å²) in [5.74, 6) is -0.577. The maximum atomic E-state index is 12.9. The van der Waals surface area contributed by atoms with Crippen molar-refractivity contribution in [1.82, 2.24) is 4.31 Å². The number of benzene rings is 2. The van der Waals surface area contributed by atoms with E-state index in [0.29, 0.717) is 11.8 Å². The Hall–Kier alpha value is -2.10. The monoisotopic (exact) mass is 447 g/mol. The molecule has 1 aliphatic rings. The molecule has 0 N–H and O–H groups in total. The van der Waals surface area contributed by atoms with E-state index in [1.165, 1.54) is 0 Å². The van der Waals surface area contributed by atoms with Crippen molar-refractivity contribution in [3.05, 3.63) is 59.1 Å². The van der Waals surface area contributed by atoms with E-state index in [0.717, 1.165) is 16.4 Å². The van der Waals surface area contributed by atoms with Crippen molar-refractivity contribution < 1.29 is 31.1 Å². The summed E-state index contributed by atoms with van der Waals surface area (Å²) in [5, 5.41) is -0.288. The van der Waals surface area contributed by atoms with Crippen molar-refractivity contribution in [2.45, 2.75) is 23.9 Å². The van der Waals surface area contributed by atoms with Gasteiger partial charge in [-0.25, -0.2) is 8.42 Å². The van der Waals surface area contributed by atoms with Gasteiger partial charge in [0.05, 0.1) is 16.5 Å². The third kappa shape index (κ3) is 4.91. The molecule has 10 heteroatoms. The maximum absolute atomic E-state index is 12.9. The van der Waals surface area contributed by atoms with E-state index in [1.807, 2.05) is 0 Å². The number of carbonyl (C=O) groups excluding carboxylic acids is 1. The number of hydrogen-bond acceptors (Lipinski definition) is 4. The van der Waals surface area contributed by atoms with E-state index in [9.17, 15) is 26.4 Å². The smallest absolute Gasteiger partial charge is 0.416 e. The number of piperidine rings is 1. The van der Waals surface area contributed by atoms with E-state index in [1.54, 1.807) is 30.3 Å². The summed E-state index contributed by atoms with van der Waals surface area (Å²) in [6.45, 7) is -0.0487. The standard InChI is InChI=1S/C19H17ClF3NO4S/c20-16-7-6-14(19(21,22)23)12-17(16)29(26,27)24-10-8-13(9-11-24)18(25)28-15-4-2-1-3-5-15/h1-7,12-13H,8-11H2. The Bertz CT molecular complexity index is 988. The molecule has 0 bridgehead atoms. The van der Waals surface area contributed by atoms with Gasteiger partial charge in [0.15, 0.2) is 0 Å². The minimum absolute atomic E-state index is 0.0243. The number of halogens is 4. The zero-order valence-corrected chi connectivity index (χ0v) is 16.6. The lowest BCUT2D eigenvalue weighted by Gasteiger charge is -2.30. The Balaban J connectivity index is 1.71. The normalized spacial score (nSPS) is 16.6. The summed E-state index contributed by atoms with van der Waals surface area (Å²) in [4.78, 5) is 11.7. The average molecular weight is 448 g/mol. The highest BCUT2D eigenvalue weighted by Crippen LogP contribution is 2.35. The molecule has 0 saturated carbocycles. The Morgan fingerprint density at radius 1 is 1.07 bits per heavy atom. The van der Waals surface area contributed by atoms with Gasteiger partial charge in [-0.3, -0.25) is 4.79 Å². The largest absolute Gasteiger partial charge is 0.426 e. The topological polar surface area (TPSA) is 63.7 Å². The van der Waals surface area contributed by atoms with Crippen LogP contribution in [-0.2, 0) is 21.0 Å². The summed E-state index contributed by atoms with van der Waals surface area (Å²) in [6.07, 6.45) is -4.30. The summed E-state index contributed by atoms with van der Waals surface area (Å²) in [6, 6.07) is 10.7. The van der Waals surface area contributed by atoms with Gasteiger partial charge in [0, 0.05) is 13.1 Å². The minimum Gasteiger partial charge on any atom is -0.426 e. The lowest BCUT2D eigenvalue weighted by Crippen LogP contribution is -2.41.